The molecule has 6 heteroatoms. The smallest absolute Gasteiger partial charge is 0.319 e. The standard InChI is InChI=1S/C10H14FN3O.ClH/c1-7-2-3-8(6-9(7)11)14-10(15)13-5-4-12;/h2-3,6H,4-5,12H2,1H3,(H2,13,14,15);1H. The summed E-state index contributed by atoms with van der Waals surface area (Å²) in [5, 5.41) is 5.02. The molecule has 0 fully saturated rings. The van der Waals surface area contributed by atoms with Gasteiger partial charge in [-0.15, -0.1) is 12.4 Å². The molecule has 1 aromatic rings. The fourth-order valence-corrected chi connectivity index (χ4v) is 1.03. The van der Waals surface area contributed by atoms with Gasteiger partial charge in [-0.3, -0.25) is 0 Å². The number of rotatable bonds is 3. The molecule has 0 heterocycles. The highest BCUT2D eigenvalue weighted by Crippen LogP contribution is 2.13. The van der Waals surface area contributed by atoms with Gasteiger partial charge >= 0.3 is 6.03 Å². The van der Waals surface area contributed by atoms with Crippen molar-refractivity contribution in [2.75, 3.05) is 18.4 Å². The lowest BCUT2D eigenvalue weighted by atomic mass is 10.2. The molecule has 0 aromatic heterocycles. The van der Waals surface area contributed by atoms with Crippen LogP contribution in [0, 0.1) is 12.7 Å². The van der Waals surface area contributed by atoms with Crippen molar-refractivity contribution in [3.05, 3.63) is 29.6 Å². The Kier molecular flexibility index (Phi) is 6.44. The second-order valence-electron chi connectivity index (χ2n) is 3.13. The van der Waals surface area contributed by atoms with E-state index in [1.807, 2.05) is 0 Å². The Hall–Kier alpha value is -1.33. The van der Waals surface area contributed by atoms with Gasteiger partial charge in [0.05, 0.1) is 0 Å². The minimum Gasteiger partial charge on any atom is -0.337 e. The van der Waals surface area contributed by atoms with Crippen LogP contribution in [0.25, 0.3) is 0 Å². The van der Waals surface area contributed by atoms with Gasteiger partial charge in [0.1, 0.15) is 5.82 Å². The highest BCUT2D eigenvalue weighted by molar-refractivity contribution is 5.89. The lowest BCUT2D eigenvalue weighted by molar-refractivity contribution is 0.252. The first-order valence-electron chi connectivity index (χ1n) is 4.64. The van der Waals surface area contributed by atoms with Gasteiger partial charge in [0.15, 0.2) is 0 Å². The van der Waals surface area contributed by atoms with Crippen LogP contribution in [0.1, 0.15) is 5.56 Å². The van der Waals surface area contributed by atoms with Crippen molar-refractivity contribution in [2.45, 2.75) is 6.92 Å². The average molecular weight is 248 g/mol. The molecule has 4 N–H and O–H groups in total. The first kappa shape index (κ1) is 14.7. The summed E-state index contributed by atoms with van der Waals surface area (Å²) in [6.07, 6.45) is 0. The zero-order chi connectivity index (χ0) is 11.3. The highest BCUT2D eigenvalue weighted by Gasteiger charge is 2.02. The molecule has 90 valence electrons. The third kappa shape index (κ3) is 4.46. The first-order valence-corrected chi connectivity index (χ1v) is 4.64. The second-order valence-corrected chi connectivity index (χ2v) is 3.13. The molecule has 0 aliphatic carbocycles. The fourth-order valence-electron chi connectivity index (χ4n) is 1.03. The van der Waals surface area contributed by atoms with Gasteiger partial charge in [-0.2, -0.15) is 0 Å². The predicted molar refractivity (Wildman–Crippen MR) is 64.5 cm³/mol. The van der Waals surface area contributed by atoms with Gasteiger partial charge < -0.3 is 16.4 Å². The molecule has 0 aliphatic rings. The summed E-state index contributed by atoms with van der Waals surface area (Å²) in [4.78, 5) is 11.2. The molecular formula is C10H15ClFN3O. The number of hydrogen-bond acceptors (Lipinski definition) is 2. The number of carbonyl (C=O) groups is 1. The highest BCUT2D eigenvalue weighted by atomic mass is 35.5. The Morgan fingerprint density at radius 2 is 2.19 bits per heavy atom. The zero-order valence-electron chi connectivity index (χ0n) is 8.92. The molecule has 16 heavy (non-hydrogen) atoms. The Labute approximate surface area is 99.8 Å². The number of hydrogen-bond donors (Lipinski definition) is 3. The maximum absolute atomic E-state index is 13.1. The normalized spacial score (nSPS) is 9.19. The van der Waals surface area contributed by atoms with E-state index >= 15 is 0 Å². The molecule has 4 nitrogen and oxygen atoms in total. The summed E-state index contributed by atoms with van der Waals surface area (Å²) in [5.74, 6) is -0.341. The topological polar surface area (TPSA) is 67.2 Å². The van der Waals surface area contributed by atoms with Crippen LogP contribution in [-0.4, -0.2) is 19.1 Å². The third-order valence-electron chi connectivity index (χ3n) is 1.86. The maximum atomic E-state index is 13.1. The summed E-state index contributed by atoms with van der Waals surface area (Å²) in [6.45, 7) is 2.42. The molecule has 0 saturated heterocycles. The van der Waals surface area contributed by atoms with Crippen LogP contribution in [0.15, 0.2) is 18.2 Å². The maximum Gasteiger partial charge on any atom is 0.319 e. The number of amides is 2. The SMILES string of the molecule is Cc1ccc(NC(=O)NCCN)cc1F.Cl. The summed E-state index contributed by atoms with van der Waals surface area (Å²) < 4.78 is 13.1. The monoisotopic (exact) mass is 247 g/mol. The molecule has 0 aliphatic heterocycles. The molecule has 1 rings (SSSR count). The number of aryl methyl sites for hydroxylation is 1. The number of halogens is 2. The van der Waals surface area contributed by atoms with Crippen molar-refractivity contribution >= 4 is 24.1 Å². The average Bonchev–Trinajstić information content (AvgIpc) is 2.20. The van der Waals surface area contributed by atoms with Crippen LogP contribution in [0.2, 0.25) is 0 Å². The van der Waals surface area contributed by atoms with E-state index in [0.29, 0.717) is 24.3 Å². The Balaban J connectivity index is 0.00000225. The molecule has 0 atom stereocenters. The first-order chi connectivity index (χ1) is 7.13. The van der Waals surface area contributed by atoms with Crippen molar-refractivity contribution in [1.82, 2.24) is 5.32 Å². The van der Waals surface area contributed by atoms with Crippen molar-refractivity contribution < 1.29 is 9.18 Å². The van der Waals surface area contributed by atoms with Gasteiger partial charge in [0, 0.05) is 18.8 Å². The Morgan fingerprint density at radius 1 is 1.50 bits per heavy atom. The van der Waals surface area contributed by atoms with E-state index in [1.54, 1.807) is 19.1 Å². The predicted octanol–water partition coefficient (Wildman–Crippen LogP) is 1.64. The van der Waals surface area contributed by atoms with Crippen LogP contribution in [0.4, 0.5) is 14.9 Å². The van der Waals surface area contributed by atoms with Crippen molar-refractivity contribution in [2.24, 2.45) is 5.73 Å². The van der Waals surface area contributed by atoms with Crippen molar-refractivity contribution in [1.29, 1.82) is 0 Å². The number of urea groups is 1. The molecule has 0 radical (unpaired) electrons. The van der Waals surface area contributed by atoms with E-state index in [9.17, 15) is 9.18 Å². The van der Waals surface area contributed by atoms with E-state index in [0.717, 1.165) is 0 Å². The van der Waals surface area contributed by atoms with Crippen molar-refractivity contribution in [3.8, 4) is 0 Å². The van der Waals surface area contributed by atoms with Crippen LogP contribution in [0.5, 0.6) is 0 Å². The van der Waals surface area contributed by atoms with E-state index in [4.69, 9.17) is 5.73 Å². The van der Waals surface area contributed by atoms with Crippen LogP contribution < -0.4 is 16.4 Å². The summed E-state index contributed by atoms with van der Waals surface area (Å²) in [6, 6.07) is 4.13. The third-order valence-corrected chi connectivity index (χ3v) is 1.86. The van der Waals surface area contributed by atoms with E-state index < -0.39 is 0 Å². The van der Waals surface area contributed by atoms with Crippen LogP contribution >= 0.6 is 12.4 Å². The number of nitrogens with one attached hydrogen (secondary N) is 2. The second kappa shape index (κ2) is 7.03. The zero-order valence-corrected chi connectivity index (χ0v) is 9.73. The minimum atomic E-state index is -0.385. The summed E-state index contributed by atoms with van der Waals surface area (Å²) >= 11 is 0. The fraction of sp³-hybridized carbons (Fsp3) is 0.300. The van der Waals surface area contributed by atoms with Crippen LogP contribution in [0.3, 0.4) is 0 Å². The summed E-state index contributed by atoms with van der Waals surface area (Å²) in [5.41, 5.74) is 6.18. The molecule has 0 saturated carbocycles. The number of anilines is 1. The lowest BCUT2D eigenvalue weighted by Crippen LogP contribution is -2.32. The van der Waals surface area contributed by atoms with Gasteiger partial charge in [0.2, 0.25) is 0 Å². The van der Waals surface area contributed by atoms with Gasteiger partial charge in [0.25, 0.3) is 0 Å². The molecule has 2 amide bonds. The number of benzene rings is 1. The lowest BCUT2D eigenvalue weighted by Gasteiger charge is -2.07. The van der Waals surface area contributed by atoms with E-state index in [-0.39, 0.29) is 24.3 Å². The molecule has 0 bridgehead atoms. The van der Waals surface area contributed by atoms with Gasteiger partial charge in [-0.1, -0.05) is 6.07 Å². The molecule has 1 aromatic carbocycles. The number of nitrogens with two attached hydrogens (primary N) is 1. The van der Waals surface area contributed by atoms with E-state index in [1.165, 1.54) is 6.07 Å². The largest absolute Gasteiger partial charge is 0.337 e. The molecular weight excluding hydrogens is 233 g/mol. The van der Waals surface area contributed by atoms with E-state index in [2.05, 4.69) is 10.6 Å². The van der Waals surface area contributed by atoms with Crippen molar-refractivity contribution in [3.63, 3.8) is 0 Å². The number of carbonyl (C=O) groups excluding carboxylic acids is 1. The Bertz CT molecular complexity index is 360. The molecule has 0 spiro atoms. The minimum absolute atomic E-state index is 0. The van der Waals surface area contributed by atoms with Crippen LogP contribution in [-0.2, 0) is 0 Å². The molecule has 0 unspecified atom stereocenters. The Morgan fingerprint density at radius 3 is 2.75 bits per heavy atom. The summed E-state index contributed by atoms with van der Waals surface area (Å²) in [7, 11) is 0. The quantitative estimate of drug-likeness (QED) is 0.760. The van der Waals surface area contributed by atoms with Gasteiger partial charge in [-0.25, -0.2) is 9.18 Å². The van der Waals surface area contributed by atoms with Gasteiger partial charge in [-0.05, 0) is 24.6 Å².